The number of benzene rings is 1. The number of ether oxygens (including phenoxy) is 1. The number of hydrogen-bond acceptors (Lipinski definition) is 5. The molecule has 0 aromatic heterocycles. The van der Waals surface area contributed by atoms with Gasteiger partial charge in [0.25, 0.3) is 0 Å². The molecule has 0 unspecified atom stereocenters. The van der Waals surface area contributed by atoms with Gasteiger partial charge >= 0.3 is 6.09 Å². The summed E-state index contributed by atoms with van der Waals surface area (Å²) in [5.41, 5.74) is 1.82. The van der Waals surface area contributed by atoms with Crippen LogP contribution in [0.5, 0.6) is 0 Å². The number of alkyl carbamates (subject to hydrolysis) is 1. The summed E-state index contributed by atoms with van der Waals surface area (Å²) in [6, 6.07) is 3.42. The first-order valence-electron chi connectivity index (χ1n) is 8.45. The van der Waals surface area contributed by atoms with Crippen LogP contribution in [0.3, 0.4) is 0 Å². The third kappa shape index (κ3) is 6.94. The highest BCUT2D eigenvalue weighted by atomic mass is 35.5. The van der Waals surface area contributed by atoms with Gasteiger partial charge in [-0.05, 0) is 57.9 Å². The fourth-order valence-corrected chi connectivity index (χ4v) is 2.46. The van der Waals surface area contributed by atoms with Gasteiger partial charge in [-0.2, -0.15) is 0 Å². The monoisotopic (exact) mass is 394 g/mol. The number of carbonyl (C=O) groups is 2. The molecule has 0 fully saturated rings. The van der Waals surface area contributed by atoms with E-state index >= 15 is 0 Å². The first-order chi connectivity index (χ1) is 12.5. The van der Waals surface area contributed by atoms with E-state index in [2.05, 4.69) is 16.0 Å². The van der Waals surface area contributed by atoms with Crippen molar-refractivity contribution in [1.29, 1.82) is 5.41 Å². The van der Waals surface area contributed by atoms with Gasteiger partial charge in [0.1, 0.15) is 11.4 Å². The molecule has 0 saturated heterocycles. The highest BCUT2D eigenvalue weighted by molar-refractivity contribution is 6.32. The Morgan fingerprint density at radius 2 is 1.85 bits per heavy atom. The van der Waals surface area contributed by atoms with Crippen molar-refractivity contribution in [3.63, 3.8) is 0 Å². The van der Waals surface area contributed by atoms with Crippen molar-refractivity contribution in [2.45, 2.75) is 46.6 Å². The smallest absolute Gasteiger partial charge is 0.413 e. The van der Waals surface area contributed by atoms with Crippen molar-refractivity contribution in [2.24, 2.45) is 0 Å². The van der Waals surface area contributed by atoms with Crippen LogP contribution in [0.25, 0.3) is 0 Å². The Kier molecular flexibility index (Phi) is 7.84. The van der Waals surface area contributed by atoms with Crippen LogP contribution in [-0.4, -0.2) is 30.9 Å². The second-order valence-electron chi connectivity index (χ2n) is 7.11. The molecular weight excluding hydrogens is 368 g/mol. The van der Waals surface area contributed by atoms with Crippen molar-refractivity contribution in [2.75, 3.05) is 12.4 Å². The summed E-state index contributed by atoms with van der Waals surface area (Å²) in [5.74, 6) is -0.118. The molecular formula is C19H27ClN4O3. The minimum atomic E-state index is -0.658. The largest absolute Gasteiger partial charge is 0.444 e. The molecule has 0 aliphatic rings. The van der Waals surface area contributed by atoms with Gasteiger partial charge in [-0.1, -0.05) is 11.6 Å². The van der Waals surface area contributed by atoms with Gasteiger partial charge in [0.15, 0.2) is 0 Å². The summed E-state index contributed by atoms with van der Waals surface area (Å²) in [4.78, 5) is 24.5. The summed E-state index contributed by atoms with van der Waals surface area (Å²) < 4.78 is 5.21. The van der Waals surface area contributed by atoms with E-state index in [0.29, 0.717) is 27.4 Å². The van der Waals surface area contributed by atoms with Crippen LogP contribution in [-0.2, 0) is 16.0 Å². The Labute approximate surface area is 165 Å². The van der Waals surface area contributed by atoms with E-state index in [1.54, 1.807) is 53.8 Å². The topological polar surface area (TPSA) is 103 Å². The van der Waals surface area contributed by atoms with Crippen molar-refractivity contribution < 1.29 is 14.3 Å². The average Bonchev–Trinajstić information content (AvgIpc) is 2.54. The van der Waals surface area contributed by atoms with E-state index in [1.807, 2.05) is 0 Å². The fraction of sp³-hybridized carbons (Fsp3) is 0.421. The van der Waals surface area contributed by atoms with E-state index in [-0.39, 0.29) is 18.1 Å². The lowest BCUT2D eigenvalue weighted by atomic mass is 10.0. The first kappa shape index (κ1) is 22.5. The molecule has 1 aromatic carbocycles. The van der Waals surface area contributed by atoms with Gasteiger partial charge in [-0.15, -0.1) is 0 Å². The standard InChI is InChI=1S/C19H27ClN4O3/c1-11(2)17(24-18(26)27-19(3,4)5)23-16(25)9-12-13(10-21)15(22-6)8-7-14(12)20/h7-8,10,21-22H,9H2,1-6H3,(H,23,25)(H,24,26). The molecule has 1 rings (SSSR count). The number of anilines is 1. The first-order valence-corrected chi connectivity index (χ1v) is 8.83. The molecule has 0 heterocycles. The summed E-state index contributed by atoms with van der Waals surface area (Å²) >= 11 is 6.22. The molecule has 148 valence electrons. The molecule has 0 spiro atoms. The molecule has 0 aliphatic heterocycles. The van der Waals surface area contributed by atoms with E-state index in [9.17, 15) is 9.59 Å². The highest BCUT2D eigenvalue weighted by Crippen LogP contribution is 2.26. The maximum Gasteiger partial charge on any atom is 0.413 e. The minimum Gasteiger partial charge on any atom is -0.444 e. The second-order valence-corrected chi connectivity index (χ2v) is 7.52. The van der Waals surface area contributed by atoms with Crippen LogP contribution in [0.2, 0.25) is 5.02 Å². The summed E-state index contributed by atoms with van der Waals surface area (Å²) in [5, 5.41) is 16.2. The number of allylic oxidation sites excluding steroid dienone is 1. The summed E-state index contributed by atoms with van der Waals surface area (Å²) in [6.45, 7) is 8.77. The van der Waals surface area contributed by atoms with Crippen LogP contribution in [0, 0.1) is 5.41 Å². The number of hydrogen-bond donors (Lipinski definition) is 4. The number of nitrogens with one attached hydrogen (secondary N) is 4. The Bertz CT molecular complexity index is 763. The lowest BCUT2D eigenvalue weighted by Gasteiger charge is -2.21. The molecule has 4 N–H and O–H groups in total. The fourth-order valence-electron chi connectivity index (χ4n) is 2.23. The lowest BCUT2D eigenvalue weighted by molar-refractivity contribution is -0.119. The molecule has 8 heteroatoms. The Morgan fingerprint density at radius 3 is 2.33 bits per heavy atom. The Morgan fingerprint density at radius 1 is 1.22 bits per heavy atom. The van der Waals surface area contributed by atoms with E-state index in [0.717, 1.165) is 6.21 Å². The zero-order valence-electron chi connectivity index (χ0n) is 16.5. The molecule has 7 nitrogen and oxygen atoms in total. The number of rotatable bonds is 6. The number of amides is 2. The van der Waals surface area contributed by atoms with Crippen LogP contribution >= 0.6 is 11.6 Å². The van der Waals surface area contributed by atoms with Gasteiger partial charge in [-0.25, -0.2) is 4.79 Å². The van der Waals surface area contributed by atoms with Crippen molar-refractivity contribution >= 4 is 35.5 Å². The number of carbonyl (C=O) groups excluding carboxylic acids is 2. The van der Waals surface area contributed by atoms with E-state index in [1.165, 1.54) is 0 Å². The van der Waals surface area contributed by atoms with Gasteiger partial charge < -0.3 is 20.8 Å². The SMILES string of the molecule is CNc1ccc(Cl)c(CC(=O)NC(NC(=O)OC(C)(C)C)=C(C)C)c1C=N. The summed E-state index contributed by atoms with van der Waals surface area (Å²) in [6.07, 6.45) is 0.446. The zero-order valence-corrected chi connectivity index (χ0v) is 17.3. The Hall–Kier alpha value is -2.54. The molecule has 27 heavy (non-hydrogen) atoms. The van der Waals surface area contributed by atoms with Gasteiger partial charge in [0.2, 0.25) is 5.91 Å². The lowest BCUT2D eigenvalue weighted by Crippen LogP contribution is -2.39. The highest BCUT2D eigenvalue weighted by Gasteiger charge is 2.19. The van der Waals surface area contributed by atoms with Crippen LogP contribution in [0.1, 0.15) is 45.7 Å². The Balaban J connectivity index is 2.96. The third-order valence-corrected chi connectivity index (χ3v) is 3.80. The maximum atomic E-state index is 12.5. The minimum absolute atomic E-state index is 0.0498. The van der Waals surface area contributed by atoms with Crippen molar-refractivity contribution in [3.05, 3.63) is 39.7 Å². The predicted molar refractivity (Wildman–Crippen MR) is 108 cm³/mol. The van der Waals surface area contributed by atoms with Crippen molar-refractivity contribution in [1.82, 2.24) is 10.6 Å². The summed E-state index contributed by atoms with van der Waals surface area (Å²) in [7, 11) is 1.73. The van der Waals surface area contributed by atoms with Crippen LogP contribution in [0.4, 0.5) is 10.5 Å². The van der Waals surface area contributed by atoms with Gasteiger partial charge in [0, 0.05) is 29.5 Å². The molecule has 0 atom stereocenters. The number of halogens is 1. The average molecular weight is 395 g/mol. The normalized spacial score (nSPS) is 10.6. The quantitative estimate of drug-likeness (QED) is 0.550. The third-order valence-electron chi connectivity index (χ3n) is 3.44. The molecule has 2 amide bonds. The van der Waals surface area contributed by atoms with Crippen LogP contribution < -0.4 is 16.0 Å². The van der Waals surface area contributed by atoms with Crippen LogP contribution in [0.15, 0.2) is 23.5 Å². The molecule has 1 aromatic rings. The van der Waals surface area contributed by atoms with Gasteiger partial charge in [0.05, 0.1) is 6.42 Å². The van der Waals surface area contributed by atoms with E-state index < -0.39 is 11.7 Å². The predicted octanol–water partition coefficient (Wildman–Crippen LogP) is 3.81. The molecule has 0 aliphatic carbocycles. The molecule has 0 bridgehead atoms. The molecule has 0 radical (unpaired) electrons. The van der Waals surface area contributed by atoms with Gasteiger partial charge in [-0.3, -0.25) is 10.1 Å². The van der Waals surface area contributed by atoms with Crippen molar-refractivity contribution in [3.8, 4) is 0 Å². The van der Waals surface area contributed by atoms with E-state index in [4.69, 9.17) is 21.7 Å². The molecule has 0 saturated carbocycles. The second kappa shape index (κ2) is 9.41. The zero-order chi connectivity index (χ0) is 20.8. The maximum absolute atomic E-state index is 12.5.